The van der Waals surface area contributed by atoms with Gasteiger partial charge in [0, 0.05) is 24.2 Å². The number of rotatable bonds is 4. The van der Waals surface area contributed by atoms with Gasteiger partial charge in [0.15, 0.2) is 5.65 Å². The number of fused-ring (bicyclic) bond motifs is 2. The number of carbonyl (C=O) groups excluding carboxylic acids is 1. The van der Waals surface area contributed by atoms with Crippen LogP contribution in [0, 0.1) is 0 Å². The average molecular weight is 389 g/mol. The van der Waals surface area contributed by atoms with Gasteiger partial charge < -0.3 is 4.90 Å². The molecule has 0 fully saturated rings. The van der Waals surface area contributed by atoms with Crippen molar-refractivity contribution in [2.45, 2.75) is 25.4 Å². The first-order valence-electron chi connectivity index (χ1n) is 9.25. The molecule has 3 heterocycles. The highest BCUT2D eigenvalue weighted by Crippen LogP contribution is 2.29. The molecule has 1 aliphatic rings. The third-order valence-corrected chi connectivity index (χ3v) is 6.22. The zero-order valence-electron chi connectivity index (χ0n) is 15.4. The summed E-state index contributed by atoms with van der Waals surface area (Å²) in [6, 6.07) is 14.5. The number of aryl methyl sites for hydroxylation is 1. The molecule has 1 amide bonds. The molecule has 6 nitrogen and oxygen atoms in total. The van der Waals surface area contributed by atoms with Crippen molar-refractivity contribution in [3.05, 3.63) is 75.6 Å². The van der Waals surface area contributed by atoms with Crippen LogP contribution in [0.2, 0.25) is 0 Å². The van der Waals surface area contributed by atoms with E-state index < -0.39 is 0 Å². The van der Waals surface area contributed by atoms with E-state index in [2.05, 4.69) is 51.0 Å². The molecular weight excluding hydrogens is 370 g/mol. The van der Waals surface area contributed by atoms with Gasteiger partial charge in [0.1, 0.15) is 5.52 Å². The fourth-order valence-corrected chi connectivity index (χ4v) is 4.66. The quantitative estimate of drug-likeness (QED) is 0.538. The summed E-state index contributed by atoms with van der Waals surface area (Å²) in [7, 11) is 1.79. The Morgan fingerprint density at radius 2 is 1.96 bits per heavy atom. The van der Waals surface area contributed by atoms with E-state index in [0.29, 0.717) is 23.3 Å². The molecule has 4 aromatic rings. The number of amides is 1. The zero-order chi connectivity index (χ0) is 19.1. The fourth-order valence-electron chi connectivity index (χ4n) is 3.95. The molecule has 0 saturated heterocycles. The van der Waals surface area contributed by atoms with Gasteiger partial charge in [-0.3, -0.25) is 4.79 Å². The maximum Gasteiger partial charge on any atom is 0.256 e. The van der Waals surface area contributed by atoms with Gasteiger partial charge in [-0.15, -0.1) is 16.4 Å². The van der Waals surface area contributed by atoms with E-state index in [9.17, 15) is 4.79 Å². The molecule has 0 aliphatic heterocycles. The molecule has 7 heteroatoms. The molecule has 1 aliphatic carbocycles. The summed E-state index contributed by atoms with van der Waals surface area (Å²) in [6.07, 6.45) is 3.41. The van der Waals surface area contributed by atoms with Crippen molar-refractivity contribution < 1.29 is 4.79 Å². The van der Waals surface area contributed by atoms with E-state index in [1.807, 2.05) is 11.0 Å². The lowest BCUT2D eigenvalue weighted by Gasteiger charge is -2.29. The van der Waals surface area contributed by atoms with Crippen LogP contribution in [0.15, 0.2) is 54.0 Å². The van der Waals surface area contributed by atoms with Crippen molar-refractivity contribution in [3.8, 4) is 0 Å². The summed E-state index contributed by atoms with van der Waals surface area (Å²) in [4.78, 5) is 21.1. The summed E-state index contributed by atoms with van der Waals surface area (Å²) in [5.74, 6) is -0.0147. The van der Waals surface area contributed by atoms with Crippen molar-refractivity contribution in [3.63, 3.8) is 0 Å². The van der Waals surface area contributed by atoms with E-state index in [0.717, 1.165) is 12.8 Å². The van der Waals surface area contributed by atoms with Gasteiger partial charge in [-0.2, -0.15) is 0 Å². The van der Waals surface area contributed by atoms with E-state index >= 15 is 0 Å². The lowest BCUT2D eigenvalue weighted by Crippen LogP contribution is -2.40. The summed E-state index contributed by atoms with van der Waals surface area (Å²) in [5.41, 5.74) is 4.40. The number of hydrogen-bond donors (Lipinski definition) is 0. The van der Waals surface area contributed by atoms with Gasteiger partial charge in [-0.05, 0) is 41.5 Å². The Labute approximate surface area is 166 Å². The van der Waals surface area contributed by atoms with Gasteiger partial charge in [0.2, 0.25) is 0 Å². The SMILES string of the molecule is Cn1nnc2c(C(=O)N(Cc3cccs3)C3Cc4ccccc4C3)ccnc21. The summed E-state index contributed by atoms with van der Waals surface area (Å²) < 4.78 is 1.60. The zero-order valence-corrected chi connectivity index (χ0v) is 16.3. The second kappa shape index (κ2) is 6.83. The van der Waals surface area contributed by atoms with Gasteiger partial charge in [0.05, 0.1) is 12.1 Å². The first-order valence-corrected chi connectivity index (χ1v) is 10.1. The second-order valence-corrected chi connectivity index (χ2v) is 8.12. The normalized spacial score (nSPS) is 13.8. The highest BCUT2D eigenvalue weighted by atomic mass is 32.1. The van der Waals surface area contributed by atoms with Crippen molar-refractivity contribution in [1.29, 1.82) is 0 Å². The summed E-state index contributed by atoms with van der Waals surface area (Å²) in [5, 5.41) is 10.3. The van der Waals surface area contributed by atoms with Crippen LogP contribution in [-0.2, 0) is 26.4 Å². The molecule has 0 atom stereocenters. The van der Waals surface area contributed by atoms with Gasteiger partial charge in [-0.25, -0.2) is 9.67 Å². The molecule has 0 saturated carbocycles. The number of hydrogen-bond acceptors (Lipinski definition) is 5. The maximum atomic E-state index is 13.7. The Hall–Kier alpha value is -3.06. The minimum Gasteiger partial charge on any atom is -0.330 e. The highest BCUT2D eigenvalue weighted by Gasteiger charge is 2.32. The van der Waals surface area contributed by atoms with Crippen LogP contribution in [0.4, 0.5) is 0 Å². The molecule has 140 valence electrons. The van der Waals surface area contributed by atoms with Crippen LogP contribution in [-0.4, -0.2) is 36.8 Å². The third kappa shape index (κ3) is 2.88. The van der Waals surface area contributed by atoms with Crippen molar-refractivity contribution in [2.75, 3.05) is 0 Å². The first kappa shape index (κ1) is 17.1. The molecule has 28 heavy (non-hydrogen) atoms. The largest absolute Gasteiger partial charge is 0.330 e. The standard InChI is InChI=1S/C21H19N5OS/c1-25-20-19(23-24-25)18(8-9-22-20)21(27)26(13-17-7-4-10-28-17)16-11-14-5-2-3-6-15(14)12-16/h2-10,16H,11-13H2,1H3. The van der Waals surface area contributed by atoms with E-state index in [1.54, 1.807) is 35.3 Å². The van der Waals surface area contributed by atoms with Crippen LogP contribution in [0.1, 0.15) is 26.4 Å². The van der Waals surface area contributed by atoms with Crippen molar-refractivity contribution >= 4 is 28.4 Å². The molecule has 0 radical (unpaired) electrons. The van der Waals surface area contributed by atoms with Crippen LogP contribution in [0.25, 0.3) is 11.2 Å². The lowest BCUT2D eigenvalue weighted by atomic mass is 10.1. The molecule has 0 bridgehead atoms. The van der Waals surface area contributed by atoms with Crippen molar-refractivity contribution in [2.24, 2.45) is 7.05 Å². The molecule has 5 rings (SSSR count). The number of nitrogens with zero attached hydrogens (tertiary/aromatic N) is 5. The molecular formula is C21H19N5OS. The monoisotopic (exact) mass is 389 g/mol. The third-order valence-electron chi connectivity index (χ3n) is 5.36. The topological polar surface area (TPSA) is 63.9 Å². The van der Waals surface area contributed by atoms with Crippen molar-refractivity contribution in [1.82, 2.24) is 24.9 Å². The minimum absolute atomic E-state index is 0.0147. The molecule has 0 unspecified atom stereocenters. The fraction of sp³-hybridized carbons (Fsp3) is 0.238. The number of carbonyl (C=O) groups is 1. The van der Waals surface area contributed by atoms with E-state index in [4.69, 9.17) is 0 Å². The molecule has 3 aromatic heterocycles. The Balaban J connectivity index is 1.53. The summed E-state index contributed by atoms with van der Waals surface area (Å²) >= 11 is 1.68. The smallest absolute Gasteiger partial charge is 0.256 e. The Morgan fingerprint density at radius 1 is 1.18 bits per heavy atom. The van der Waals surface area contributed by atoms with Gasteiger partial charge in [0.25, 0.3) is 5.91 Å². The Bertz CT molecular complexity index is 1130. The number of benzene rings is 1. The predicted molar refractivity (Wildman–Crippen MR) is 108 cm³/mol. The molecule has 0 spiro atoms. The minimum atomic E-state index is -0.0147. The van der Waals surface area contributed by atoms with E-state index in [1.165, 1.54) is 16.0 Å². The van der Waals surface area contributed by atoms with Crippen LogP contribution in [0.3, 0.4) is 0 Å². The lowest BCUT2D eigenvalue weighted by molar-refractivity contribution is 0.0672. The molecule has 0 N–H and O–H groups in total. The molecule has 1 aromatic carbocycles. The second-order valence-electron chi connectivity index (χ2n) is 7.09. The van der Waals surface area contributed by atoms with Gasteiger partial charge >= 0.3 is 0 Å². The van der Waals surface area contributed by atoms with Crippen LogP contribution < -0.4 is 0 Å². The summed E-state index contributed by atoms with van der Waals surface area (Å²) in [6.45, 7) is 0.596. The average Bonchev–Trinajstić information content (AvgIpc) is 3.45. The predicted octanol–water partition coefficient (Wildman–Crippen LogP) is 3.23. The van der Waals surface area contributed by atoms with Crippen LogP contribution >= 0.6 is 11.3 Å². The highest BCUT2D eigenvalue weighted by molar-refractivity contribution is 7.09. The number of aromatic nitrogens is 4. The number of thiophene rings is 1. The number of pyridine rings is 1. The van der Waals surface area contributed by atoms with Gasteiger partial charge in [-0.1, -0.05) is 35.5 Å². The Kier molecular flexibility index (Phi) is 4.16. The maximum absolute atomic E-state index is 13.7. The van der Waals surface area contributed by atoms with Crippen LogP contribution in [0.5, 0.6) is 0 Å². The Morgan fingerprint density at radius 3 is 2.68 bits per heavy atom. The van der Waals surface area contributed by atoms with E-state index in [-0.39, 0.29) is 11.9 Å². The first-order chi connectivity index (χ1) is 13.7.